The first kappa shape index (κ1) is 15.1. The van der Waals surface area contributed by atoms with Gasteiger partial charge in [-0.15, -0.1) is 0 Å². The lowest BCUT2D eigenvalue weighted by atomic mass is 10.1. The van der Waals surface area contributed by atoms with Crippen molar-refractivity contribution in [2.75, 3.05) is 25.2 Å². The number of nitrogens with zero attached hydrogens (tertiary/aromatic N) is 1. The van der Waals surface area contributed by atoms with E-state index in [0.29, 0.717) is 13.2 Å². The summed E-state index contributed by atoms with van der Waals surface area (Å²) in [4.78, 5) is 13.5. The molecule has 1 saturated heterocycles. The molecule has 0 radical (unpaired) electrons. The molecule has 2 aromatic carbocycles. The number of carbonyl (C=O) groups excluding carboxylic acids is 1. The van der Waals surface area contributed by atoms with Gasteiger partial charge in [-0.2, -0.15) is 0 Å². The average molecular weight is 307 g/mol. The number of hydrogen-bond donors (Lipinski definition) is 0. The van der Waals surface area contributed by atoms with Crippen molar-refractivity contribution in [3.8, 4) is 11.8 Å². The van der Waals surface area contributed by atoms with Crippen LogP contribution in [-0.4, -0.2) is 32.5 Å². The Bertz CT molecular complexity index is 729. The van der Waals surface area contributed by atoms with E-state index in [1.807, 2.05) is 54.6 Å². The van der Waals surface area contributed by atoms with Crippen molar-refractivity contribution >= 4 is 11.8 Å². The molecule has 0 aliphatic carbocycles. The first-order chi connectivity index (χ1) is 11.3. The Labute approximate surface area is 135 Å². The van der Waals surface area contributed by atoms with E-state index in [4.69, 9.17) is 9.47 Å². The van der Waals surface area contributed by atoms with Gasteiger partial charge in [-0.05, 0) is 36.4 Å². The summed E-state index contributed by atoms with van der Waals surface area (Å²) in [5.74, 6) is 6.23. The fraction of sp³-hybridized carbons (Fsp3) is 0.211. The van der Waals surface area contributed by atoms with Crippen molar-refractivity contribution in [1.29, 1.82) is 0 Å². The molecule has 1 atom stereocenters. The van der Waals surface area contributed by atoms with E-state index in [1.54, 1.807) is 12.0 Å². The maximum absolute atomic E-state index is 11.9. The fourth-order valence-corrected chi connectivity index (χ4v) is 2.40. The molecule has 116 valence electrons. The maximum Gasteiger partial charge on any atom is 0.414 e. The van der Waals surface area contributed by atoms with Crippen LogP contribution in [0.4, 0.5) is 10.5 Å². The fourth-order valence-electron chi connectivity index (χ4n) is 2.40. The smallest absolute Gasteiger partial charge is 0.414 e. The third-order valence-electron chi connectivity index (χ3n) is 3.53. The monoisotopic (exact) mass is 307 g/mol. The highest BCUT2D eigenvalue weighted by atomic mass is 16.6. The third-order valence-corrected chi connectivity index (χ3v) is 3.53. The van der Waals surface area contributed by atoms with Crippen LogP contribution in [0.3, 0.4) is 0 Å². The molecular weight excluding hydrogens is 290 g/mol. The van der Waals surface area contributed by atoms with Crippen LogP contribution in [0.25, 0.3) is 0 Å². The molecule has 0 spiro atoms. The average Bonchev–Trinajstić information content (AvgIpc) is 2.95. The summed E-state index contributed by atoms with van der Waals surface area (Å²) in [6, 6.07) is 17.4. The Hall–Kier alpha value is -2.77. The molecule has 4 heteroatoms. The number of methoxy groups -OCH3 is 1. The number of ether oxygens (including phenoxy) is 2. The second kappa shape index (κ2) is 6.99. The molecule has 1 fully saturated rings. The number of amides is 1. The third kappa shape index (κ3) is 3.71. The van der Waals surface area contributed by atoms with Crippen molar-refractivity contribution in [2.45, 2.75) is 6.10 Å². The van der Waals surface area contributed by atoms with Crippen molar-refractivity contribution in [1.82, 2.24) is 0 Å². The molecule has 1 unspecified atom stereocenters. The van der Waals surface area contributed by atoms with Gasteiger partial charge < -0.3 is 9.47 Å². The molecular formula is C19H17NO3. The molecule has 2 aromatic rings. The van der Waals surface area contributed by atoms with E-state index < -0.39 is 0 Å². The van der Waals surface area contributed by atoms with Crippen LogP contribution in [0.1, 0.15) is 11.1 Å². The van der Waals surface area contributed by atoms with Crippen LogP contribution in [0.2, 0.25) is 0 Å². The predicted molar refractivity (Wildman–Crippen MR) is 88.4 cm³/mol. The summed E-state index contributed by atoms with van der Waals surface area (Å²) in [7, 11) is 1.59. The van der Waals surface area contributed by atoms with Gasteiger partial charge in [0.1, 0.15) is 6.10 Å². The van der Waals surface area contributed by atoms with Gasteiger partial charge in [0.15, 0.2) is 0 Å². The lowest BCUT2D eigenvalue weighted by Crippen LogP contribution is -2.25. The summed E-state index contributed by atoms with van der Waals surface area (Å²) in [5, 5.41) is 0. The Morgan fingerprint density at radius 3 is 2.39 bits per heavy atom. The molecule has 0 aromatic heterocycles. The molecule has 1 amide bonds. The number of cyclic esters (lactones) is 1. The zero-order valence-electron chi connectivity index (χ0n) is 12.9. The van der Waals surface area contributed by atoms with Gasteiger partial charge in [-0.25, -0.2) is 4.79 Å². The standard InChI is InChI=1S/C19H17NO3/c1-22-14-18-13-20(19(21)23-18)17-11-9-16(10-12-17)8-7-15-5-3-2-4-6-15/h2-6,9-12,18H,13-14H2,1H3. The molecule has 0 saturated carbocycles. The van der Waals surface area contributed by atoms with Crippen molar-refractivity contribution in [2.24, 2.45) is 0 Å². The summed E-state index contributed by atoms with van der Waals surface area (Å²) < 4.78 is 10.3. The van der Waals surface area contributed by atoms with Gasteiger partial charge in [0.05, 0.1) is 13.2 Å². The number of anilines is 1. The molecule has 3 rings (SSSR count). The minimum atomic E-state index is -0.338. The largest absolute Gasteiger partial charge is 0.441 e. The first-order valence-electron chi connectivity index (χ1n) is 7.40. The number of benzene rings is 2. The second-order valence-corrected chi connectivity index (χ2v) is 5.23. The Morgan fingerprint density at radius 2 is 1.74 bits per heavy atom. The first-order valence-corrected chi connectivity index (χ1v) is 7.40. The lowest BCUT2D eigenvalue weighted by molar-refractivity contribution is 0.0718. The molecule has 23 heavy (non-hydrogen) atoms. The highest BCUT2D eigenvalue weighted by Gasteiger charge is 2.32. The Morgan fingerprint density at radius 1 is 1.09 bits per heavy atom. The van der Waals surface area contributed by atoms with E-state index in [2.05, 4.69) is 11.8 Å². The topological polar surface area (TPSA) is 38.8 Å². The van der Waals surface area contributed by atoms with Gasteiger partial charge >= 0.3 is 6.09 Å². The van der Waals surface area contributed by atoms with E-state index >= 15 is 0 Å². The maximum atomic E-state index is 11.9. The van der Waals surface area contributed by atoms with E-state index in [-0.39, 0.29) is 12.2 Å². The Kier molecular flexibility index (Phi) is 4.60. The Balaban J connectivity index is 1.71. The lowest BCUT2D eigenvalue weighted by Gasteiger charge is -2.12. The highest BCUT2D eigenvalue weighted by molar-refractivity contribution is 5.89. The second-order valence-electron chi connectivity index (χ2n) is 5.23. The van der Waals surface area contributed by atoms with Crippen LogP contribution in [0.5, 0.6) is 0 Å². The van der Waals surface area contributed by atoms with Gasteiger partial charge in [-0.1, -0.05) is 30.0 Å². The van der Waals surface area contributed by atoms with E-state index in [9.17, 15) is 4.79 Å². The molecule has 0 bridgehead atoms. The van der Waals surface area contributed by atoms with Gasteiger partial charge in [0.2, 0.25) is 0 Å². The zero-order valence-corrected chi connectivity index (χ0v) is 12.9. The van der Waals surface area contributed by atoms with E-state index in [1.165, 1.54) is 0 Å². The van der Waals surface area contributed by atoms with Crippen LogP contribution < -0.4 is 4.90 Å². The van der Waals surface area contributed by atoms with Gasteiger partial charge in [0, 0.05) is 23.9 Å². The predicted octanol–water partition coefficient (Wildman–Crippen LogP) is 3.06. The van der Waals surface area contributed by atoms with Crippen LogP contribution in [0.15, 0.2) is 54.6 Å². The SMILES string of the molecule is COCC1CN(c2ccc(C#Cc3ccccc3)cc2)C(=O)O1. The molecule has 1 aliphatic rings. The molecule has 4 nitrogen and oxygen atoms in total. The van der Waals surface area contributed by atoms with Gasteiger partial charge in [0.25, 0.3) is 0 Å². The summed E-state index contributed by atoms with van der Waals surface area (Å²) in [5.41, 5.74) is 2.68. The quantitative estimate of drug-likeness (QED) is 0.818. The highest BCUT2D eigenvalue weighted by Crippen LogP contribution is 2.22. The minimum Gasteiger partial charge on any atom is -0.441 e. The van der Waals surface area contributed by atoms with E-state index in [0.717, 1.165) is 16.8 Å². The van der Waals surface area contributed by atoms with Crippen molar-refractivity contribution in [3.63, 3.8) is 0 Å². The number of carbonyl (C=O) groups is 1. The summed E-state index contributed by atoms with van der Waals surface area (Å²) >= 11 is 0. The normalized spacial score (nSPS) is 16.7. The summed E-state index contributed by atoms with van der Waals surface area (Å²) in [6.07, 6.45) is -0.555. The number of rotatable bonds is 3. The zero-order chi connectivity index (χ0) is 16.1. The molecule has 1 heterocycles. The molecule has 0 N–H and O–H groups in total. The van der Waals surface area contributed by atoms with Gasteiger partial charge in [-0.3, -0.25) is 4.90 Å². The molecule has 1 aliphatic heterocycles. The van der Waals surface area contributed by atoms with Crippen LogP contribution in [-0.2, 0) is 9.47 Å². The number of hydrogen-bond acceptors (Lipinski definition) is 3. The minimum absolute atomic E-state index is 0.218. The van der Waals surface area contributed by atoms with Crippen LogP contribution in [0, 0.1) is 11.8 Å². The van der Waals surface area contributed by atoms with Crippen molar-refractivity contribution < 1.29 is 14.3 Å². The summed E-state index contributed by atoms with van der Waals surface area (Å²) in [6.45, 7) is 0.907. The van der Waals surface area contributed by atoms with Crippen molar-refractivity contribution in [3.05, 3.63) is 65.7 Å². The van der Waals surface area contributed by atoms with Crippen LogP contribution >= 0.6 is 0 Å².